The van der Waals surface area contributed by atoms with Crippen LogP contribution in [0.3, 0.4) is 0 Å². The van der Waals surface area contributed by atoms with Crippen LogP contribution in [0.5, 0.6) is 0 Å². The predicted octanol–water partition coefficient (Wildman–Crippen LogP) is 1.82. The molecule has 2 heterocycles. The highest BCUT2D eigenvalue weighted by Crippen LogP contribution is 2.18. The van der Waals surface area contributed by atoms with Crippen LogP contribution in [-0.4, -0.2) is 27.9 Å². The molecule has 5 nitrogen and oxygen atoms in total. The smallest absolute Gasteiger partial charge is 0.246 e. The Balaban J connectivity index is 1.83. The number of aryl methyl sites for hydroxylation is 1. The zero-order chi connectivity index (χ0) is 13.2. The van der Waals surface area contributed by atoms with Gasteiger partial charge in [-0.25, -0.2) is 4.68 Å². The van der Waals surface area contributed by atoms with Gasteiger partial charge in [0.15, 0.2) is 0 Å². The van der Waals surface area contributed by atoms with E-state index in [-0.39, 0.29) is 0 Å². The maximum atomic E-state index is 5.97. The first-order valence-corrected chi connectivity index (χ1v) is 6.74. The number of nitrogens with two attached hydrogens (primary N) is 1. The molecule has 0 atom stereocenters. The SMILES string of the molecule is Cc1ccccc1Cn1nc(N2CCCC2)nc1N. The highest BCUT2D eigenvalue weighted by atomic mass is 15.4. The maximum absolute atomic E-state index is 5.97. The minimum absolute atomic E-state index is 0.491. The minimum atomic E-state index is 0.491. The molecule has 100 valence electrons. The third-order valence-corrected chi connectivity index (χ3v) is 3.66. The maximum Gasteiger partial charge on any atom is 0.246 e. The number of nitrogens with zero attached hydrogens (tertiary/aromatic N) is 4. The predicted molar refractivity (Wildman–Crippen MR) is 76.2 cm³/mol. The number of hydrogen-bond donors (Lipinski definition) is 1. The van der Waals surface area contributed by atoms with E-state index in [2.05, 4.69) is 34.0 Å². The van der Waals surface area contributed by atoms with E-state index in [0.29, 0.717) is 12.5 Å². The second-order valence-electron chi connectivity index (χ2n) is 5.05. The number of anilines is 2. The summed E-state index contributed by atoms with van der Waals surface area (Å²) in [7, 11) is 0. The Morgan fingerprint density at radius 2 is 1.95 bits per heavy atom. The van der Waals surface area contributed by atoms with Gasteiger partial charge in [0.2, 0.25) is 11.9 Å². The summed E-state index contributed by atoms with van der Waals surface area (Å²) in [5.74, 6) is 1.26. The average Bonchev–Trinajstić information content (AvgIpc) is 3.02. The van der Waals surface area contributed by atoms with Crippen LogP contribution in [0.15, 0.2) is 24.3 Å². The summed E-state index contributed by atoms with van der Waals surface area (Å²) in [6.07, 6.45) is 2.43. The molecule has 1 aliphatic rings. The van der Waals surface area contributed by atoms with Gasteiger partial charge in [-0.05, 0) is 30.9 Å². The van der Waals surface area contributed by atoms with E-state index in [9.17, 15) is 0 Å². The van der Waals surface area contributed by atoms with Crippen molar-refractivity contribution in [1.82, 2.24) is 14.8 Å². The highest BCUT2D eigenvalue weighted by molar-refractivity contribution is 5.37. The Kier molecular flexibility index (Phi) is 3.11. The van der Waals surface area contributed by atoms with Crippen molar-refractivity contribution in [3.63, 3.8) is 0 Å². The number of hydrogen-bond acceptors (Lipinski definition) is 4. The quantitative estimate of drug-likeness (QED) is 0.911. The molecule has 2 aromatic rings. The molecule has 1 aromatic heterocycles. The van der Waals surface area contributed by atoms with Gasteiger partial charge in [-0.3, -0.25) is 0 Å². The normalized spacial score (nSPS) is 15.1. The van der Waals surface area contributed by atoms with Crippen molar-refractivity contribution in [2.45, 2.75) is 26.3 Å². The van der Waals surface area contributed by atoms with Crippen LogP contribution in [0.4, 0.5) is 11.9 Å². The van der Waals surface area contributed by atoms with Crippen LogP contribution < -0.4 is 10.6 Å². The lowest BCUT2D eigenvalue weighted by molar-refractivity contribution is 0.688. The lowest BCUT2D eigenvalue weighted by Gasteiger charge is -2.11. The van der Waals surface area contributed by atoms with Crippen molar-refractivity contribution >= 4 is 11.9 Å². The molecule has 0 spiro atoms. The van der Waals surface area contributed by atoms with Gasteiger partial charge in [0.1, 0.15) is 0 Å². The summed E-state index contributed by atoms with van der Waals surface area (Å²) in [5, 5.41) is 4.53. The van der Waals surface area contributed by atoms with Crippen molar-refractivity contribution in [1.29, 1.82) is 0 Å². The number of nitrogen functional groups attached to an aromatic ring is 1. The highest BCUT2D eigenvalue weighted by Gasteiger charge is 2.18. The van der Waals surface area contributed by atoms with Gasteiger partial charge in [-0.1, -0.05) is 24.3 Å². The van der Waals surface area contributed by atoms with Crippen LogP contribution in [0.2, 0.25) is 0 Å². The zero-order valence-corrected chi connectivity index (χ0v) is 11.2. The molecule has 0 bridgehead atoms. The molecule has 1 aliphatic heterocycles. The number of rotatable bonds is 3. The number of benzene rings is 1. The molecular formula is C14H19N5. The summed E-state index contributed by atoms with van der Waals surface area (Å²) in [5.41, 5.74) is 8.45. The van der Waals surface area contributed by atoms with E-state index in [4.69, 9.17) is 5.73 Å². The first-order valence-electron chi connectivity index (χ1n) is 6.74. The van der Waals surface area contributed by atoms with Crippen LogP contribution in [0.1, 0.15) is 24.0 Å². The monoisotopic (exact) mass is 257 g/mol. The Morgan fingerprint density at radius 1 is 1.21 bits per heavy atom. The summed E-state index contributed by atoms with van der Waals surface area (Å²) in [6.45, 7) is 4.85. The van der Waals surface area contributed by atoms with Gasteiger partial charge in [0, 0.05) is 13.1 Å². The van der Waals surface area contributed by atoms with Crippen LogP contribution in [0, 0.1) is 6.92 Å². The van der Waals surface area contributed by atoms with Gasteiger partial charge in [-0.2, -0.15) is 4.98 Å². The van der Waals surface area contributed by atoms with E-state index < -0.39 is 0 Å². The van der Waals surface area contributed by atoms with Gasteiger partial charge in [0.05, 0.1) is 6.54 Å². The third kappa shape index (κ3) is 2.41. The molecule has 0 amide bonds. The fourth-order valence-corrected chi connectivity index (χ4v) is 2.46. The molecule has 2 N–H and O–H groups in total. The van der Waals surface area contributed by atoms with Crippen molar-refractivity contribution in [2.24, 2.45) is 0 Å². The fourth-order valence-electron chi connectivity index (χ4n) is 2.46. The molecule has 0 aliphatic carbocycles. The van der Waals surface area contributed by atoms with E-state index in [1.54, 1.807) is 4.68 Å². The topological polar surface area (TPSA) is 60.0 Å². The molecule has 19 heavy (non-hydrogen) atoms. The van der Waals surface area contributed by atoms with Gasteiger partial charge in [0.25, 0.3) is 0 Å². The second kappa shape index (κ2) is 4.91. The first kappa shape index (κ1) is 12.0. The van der Waals surface area contributed by atoms with E-state index in [1.807, 2.05) is 12.1 Å². The Morgan fingerprint density at radius 3 is 2.68 bits per heavy atom. The standard InChI is InChI=1S/C14H19N5/c1-11-6-2-3-7-12(11)10-19-13(15)16-14(17-19)18-8-4-5-9-18/h2-3,6-7H,4-5,8-10H2,1H3,(H2,15,16,17). The molecule has 1 aromatic carbocycles. The molecule has 0 radical (unpaired) electrons. The summed E-state index contributed by atoms with van der Waals surface area (Å²) in [4.78, 5) is 6.57. The van der Waals surface area contributed by atoms with Gasteiger partial charge in [-0.15, -0.1) is 5.10 Å². The first-order chi connectivity index (χ1) is 9.24. The molecule has 0 saturated carbocycles. The van der Waals surface area contributed by atoms with E-state index in [0.717, 1.165) is 19.0 Å². The van der Waals surface area contributed by atoms with Crippen molar-refractivity contribution in [3.8, 4) is 0 Å². The zero-order valence-electron chi connectivity index (χ0n) is 11.2. The molecule has 3 rings (SSSR count). The molecule has 1 saturated heterocycles. The summed E-state index contributed by atoms with van der Waals surface area (Å²) >= 11 is 0. The lowest BCUT2D eigenvalue weighted by atomic mass is 10.1. The number of aromatic nitrogens is 3. The molecule has 5 heteroatoms. The third-order valence-electron chi connectivity index (χ3n) is 3.66. The summed E-state index contributed by atoms with van der Waals surface area (Å²) in [6, 6.07) is 8.28. The molecule has 0 unspecified atom stereocenters. The molecule has 1 fully saturated rings. The second-order valence-corrected chi connectivity index (χ2v) is 5.05. The van der Waals surface area contributed by atoms with Crippen LogP contribution in [0.25, 0.3) is 0 Å². The lowest BCUT2D eigenvalue weighted by Crippen LogP contribution is -2.19. The van der Waals surface area contributed by atoms with Crippen molar-refractivity contribution in [2.75, 3.05) is 23.7 Å². The van der Waals surface area contributed by atoms with Crippen molar-refractivity contribution in [3.05, 3.63) is 35.4 Å². The van der Waals surface area contributed by atoms with Gasteiger partial charge < -0.3 is 10.6 Å². The Labute approximate surface area is 113 Å². The van der Waals surface area contributed by atoms with Crippen LogP contribution in [-0.2, 0) is 6.54 Å². The largest absolute Gasteiger partial charge is 0.368 e. The van der Waals surface area contributed by atoms with E-state index in [1.165, 1.54) is 24.0 Å². The van der Waals surface area contributed by atoms with Crippen molar-refractivity contribution < 1.29 is 0 Å². The van der Waals surface area contributed by atoms with E-state index >= 15 is 0 Å². The Hall–Kier alpha value is -2.04. The fraction of sp³-hybridized carbons (Fsp3) is 0.429. The van der Waals surface area contributed by atoms with Gasteiger partial charge >= 0.3 is 0 Å². The molecular weight excluding hydrogens is 238 g/mol. The minimum Gasteiger partial charge on any atom is -0.368 e. The van der Waals surface area contributed by atoms with Crippen LogP contribution >= 0.6 is 0 Å². The average molecular weight is 257 g/mol. The summed E-state index contributed by atoms with van der Waals surface area (Å²) < 4.78 is 1.79. The Bertz CT molecular complexity index is 569.